The van der Waals surface area contributed by atoms with Crippen LogP contribution in [0.4, 0.5) is 5.69 Å². The van der Waals surface area contributed by atoms with Crippen LogP contribution in [0.3, 0.4) is 0 Å². The third-order valence-electron chi connectivity index (χ3n) is 3.62. The number of carbonyl (C=O) groups is 1. The topological polar surface area (TPSA) is 75.7 Å². The van der Waals surface area contributed by atoms with Crippen LogP contribution in [0.5, 0.6) is 5.75 Å². The fraction of sp³-hybridized carbons (Fsp3) is 0.278. The van der Waals surface area contributed by atoms with E-state index in [1.54, 1.807) is 24.3 Å². The van der Waals surface area contributed by atoms with E-state index in [1.165, 1.54) is 7.11 Å². The Morgan fingerprint density at radius 2 is 1.84 bits per heavy atom. The van der Waals surface area contributed by atoms with Crippen molar-refractivity contribution in [2.75, 3.05) is 24.2 Å². The van der Waals surface area contributed by atoms with Gasteiger partial charge in [0.1, 0.15) is 12.3 Å². The molecule has 0 fully saturated rings. The predicted octanol–water partition coefficient (Wildman–Crippen LogP) is 2.09. The van der Waals surface area contributed by atoms with Gasteiger partial charge in [0.2, 0.25) is 15.9 Å². The summed E-state index contributed by atoms with van der Waals surface area (Å²) < 4.78 is 30.2. The molecule has 0 aliphatic carbocycles. The lowest BCUT2D eigenvalue weighted by Gasteiger charge is -2.22. The Morgan fingerprint density at radius 1 is 1.16 bits per heavy atom. The van der Waals surface area contributed by atoms with Crippen LogP contribution in [0.1, 0.15) is 11.1 Å². The van der Waals surface area contributed by atoms with Gasteiger partial charge in [0.25, 0.3) is 0 Å². The molecule has 0 aromatic heterocycles. The monoisotopic (exact) mass is 362 g/mol. The van der Waals surface area contributed by atoms with E-state index in [9.17, 15) is 13.2 Å². The third kappa shape index (κ3) is 5.49. The zero-order valence-corrected chi connectivity index (χ0v) is 15.3. The van der Waals surface area contributed by atoms with Gasteiger partial charge in [-0.1, -0.05) is 29.8 Å². The molecular formula is C18H22N2O4S. The van der Waals surface area contributed by atoms with E-state index in [0.29, 0.717) is 18.0 Å². The number of benzene rings is 2. The molecule has 2 aromatic carbocycles. The maximum absolute atomic E-state index is 12.2. The van der Waals surface area contributed by atoms with Crippen LogP contribution in [0.15, 0.2) is 48.5 Å². The number of anilines is 1. The van der Waals surface area contributed by atoms with Crippen LogP contribution in [0.2, 0.25) is 0 Å². The Morgan fingerprint density at radius 3 is 2.40 bits per heavy atom. The maximum Gasteiger partial charge on any atom is 0.241 e. The SMILES string of the molecule is COc1ccc(N(CC(=O)NCc2cccc(C)c2)S(C)(=O)=O)cc1. The van der Waals surface area contributed by atoms with Gasteiger partial charge in [-0.3, -0.25) is 9.10 Å². The van der Waals surface area contributed by atoms with Crippen LogP contribution in [-0.2, 0) is 21.4 Å². The van der Waals surface area contributed by atoms with E-state index >= 15 is 0 Å². The van der Waals surface area contributed by atoms with E-state index in [2.05, 4.69) is 5.32 Å². The number of carbonyl (C=O) groups excluding carboxylic acids is 1. The summed E-state index contributed by atoms with van der Waals surface area (Å²) in [5.41, 5.74) is 2.47. The molecule has 0 spiro atoms. The standard InChI is InChI=1S/C18H22N2O4S/c1-14-5-4-6-15(11-14)12-19-18(21)13-20(25(3,22)23)16-7-9-17(24-2)10-8-16/h4-11H,12-13H2,1-3H3,(H,19,21). The minimum atomic E-state index is -3.59. The summed E-state index contributed by atoms with van der Waals surface area (Å²) in [4.78, 5) is 12.2. The number of methoxy groups -OCH3 is 1. The lowest BCUT2D eigenvalue weighted by Crippen LogP contribution is -2.40. The summed E-state index contributed by atoms with van der Waals surface area (Å²) in [6, 6.07) is 14.3. The molecule has 0 aliphatic heterocycles. The predicted molar refractivity (Wildman–Crippen MR) is 98.2 cm³/mol. The Labute approximate surface area is 148 Å². The summed E-state index contributed by atoms with van der Waals surface area (Å²) in [6.07, 6.45) is 1.07. The molecule has 0 saturated heterocycles. The second-order valence-electron chi connectivity index (χ2n) is 5.73. The van der Waals surface area contributed by atoms with Crippen molar-refractivity contribution in [3.05, 3.63) is 59.7 Å². The van der Waals surface area contributed by atoms with Gasteiger partial charge < -0.3 is 10.1 Å². The van der Waals surface area contributed by atoms with Crippen LogP contribution < -0.4 is 14.4 Å². The highest BCUT2D eigenvalue weighted by molar-refractivity contribution is 7.92. The van der Waals surface area contributed by atoms with E-state index in [-0.39, 0.29) is 12.5 Å². The van der Waals surface area contributed by atoms with Gasteiger partial charge in [-0.25, -0.2) is 8.42 Å². The van der Waals surface area contributed by atoms with E-state index in [1.807, 2.05) is 31.2 Å². The van der Waals surface area contributed by atoms with Crippen molar-refractivity contribution < 1.29 is 17.9 Å². The molecule has 134 valence electrons. The molecule has 0 bridgehead atoms. The number of ether oxygens (including phenoxy) is 1. The molecule has 0 saturated carbocycles. The molecule has 2 aromatic rings. The zero-order valence-electron chi connectivity index (χ0n) is 14.5. The van der Waals surface area contributed by atoms with E-state index in [4.69, 9.17) is 4.74 Å². The highest BCUT2D eigenvalue weighted by atomic mass is 32.2. The molecule has 1 N–H and O–H groups in total. The number of sulfonamides is 1. The summed E-state index contributed by atoms with van der Waals surface area (Å²) in [7, 11) is -2.06. The van der Waals surface area contributed by atoms with E-state index in [0.717, 1.165) is 21.7 Å². The first-order chi connectivity index (χ1) is 11.8. The highest BCUT2D eigenvalue weighted by Crippen LogP contribution is 2.21. The Balaban J connectivity index is 2.07. The van der Waals surface area contributed by atoms with Crippen LogP contribution in [0, 0.1) is 6.92 Å². The molecule has 6 nitrogen and oxygen atoms in total. The fourth-order valence-electron chi connectivity index (χ4n) is 2.36. The van der Waals surface area contributed by atoms with Gasteiger partial charge in [-0.05, 0) is 36.8 Å². The normalized spacial score (nSPS) is 11.0. The summed E-state index contributed by atoms with van der Waals surface area (Å²) in [5.74, 6) is 0.240. The molecule has 0 radical (unpaired) electrons. The molecule has 25 heavy (non-hydrogen) atoms. The Kier molecular flexibility index (Phi) is 6.03. The van der Waals surface area contributed by atoms with Crippen molar-refractivity contribution in [3.63, 3.8) is 0 Å². The number of hydrogen-bond donors (Lipinski definition) is 1. The van der Waals surface area contributed by atoms with Crippen molar-refractivity contribution in [3.8, 4) is 5.75 Å². The van der Waals surface area contributed by atoms with E-state index < -0.39 is 10.0 Å². The molecule has 0 heterocycles. The minimum absolute atomic E-state index is 0.281. The van der Waals surface area contributed by atoms with Crippen molar-refractivity contribution in [2.45, 2.75) is 13.5 Å². The van der Waals surface area contributed by atoms with Gasteiger partial charge in [-0.15, -0.1) is 0 Å². The molecule has 0 atom stereocenters. The second-order valence-corrected chi connectivity index (χ2v) is 7.64. The smallest absolute Gasteiger partial charge is 0.241 e. The summed E-state index contributed by atoms with van der Waals surface area (Å²) >= 11 is 0. The van der Waals surface area contributed by atoms with Gasteiger partial charge in [-0.2, -0.15) is 0 Å². The Hall–Kier alpha value is -2.54. The molecule has 0 unspecified atom stereocenters. The second kappa shape index (κ2) is 8.02. The maximum atomic E-state index is 12.2. The van der Waals surface area contributed by atoms with Gasteiger partial charge >= 0.3 is 0 Å². The van der Waals surface area contributed by atoms with Crippen LogP contribution in [-0.4, -0.2) is 34.2 Å². The average molecular weight is 362 g/mol. The number of hydrogen-bond acceptors (Lipinski definition) is 4. The van der Waals surface area contributed by atoms with Gasteiger partial charge in [0.15, 0.2) is 0 Å². The van der Waals surface area contributed by atoms with Crippen LogP contribution >= 0.6 is 0 Å². The molecule has 1 amide bonds. The van der Waals surface area contributed by atoms with Gasteiger partial charge in [0, 0.05) is 6.54 Å². The first kappa shape index (κ1) is 18.8. The number of nitrogens with zero attached hydrogens (tertiary/aromatic N) is 1. The van der Waals surface area contributed by atoms with Crippen LogP contribution in [0.25, 0.3) is 0 Å². The zero-order chi connectivity index (χ0) is 18.4. The summed E-state index contributed by atoms with van der Waals surface area (Å²) in [6.45, 7) is 2.04. The molecule has 0 aliphatic rings. The number of aryl methyl sites for hydroxylation is 1. The number of nitrogens with one attached hydrogen (secondary N) is 1. The third-order valence-corrected chi connectivity index (χ3v) is 4.76. The molecular weight excluding hydrogens is 340 g/mol. The first-order valence-electron chi connectivity index (χ1n) is 7.73. The number of rotatable bonds is 7. The van der Waals surface area contributed by atoms with Crippen molar-refractivity contribution in [2.24, 2.45) is 0 Å². The highest BCUT2D eigenvalue weighted by Gasteiger charge is 2.20. The van der Waals surface area contributed by atoms with Crippen molar-refractivity contribution in [1.29, 1.82) is 0 Å². The van der Waals surface area contributed by atoms with Gasteiger partial charge in [0.05, 0.1) is 19.1 Å². The summed E-state index contributed by atoms with van der Waals surface area (Å²) in [5, 5.41) is 2.75. The molecule has 7 heteroatoms. The van der Waals surface area contributed by atoms with Crippen molar-refractivity contribution >= 4 is 21.6 Å². The first-order valence-corrected chi connectivity index (χ1v) is 9.58. The van der Waals surface area contributed by atoms with Crippen molar-refractivity contribution in [1.82, 2.24) is 5.32 Å². The minimum Gasteiger partial charge on any atom is -0.497 e. The fourth-order valence-corrected chi connectivity index (χ4v) is 3.21. The quantitative estimate of drug-likeness (QED) is 0.818. The molecule has 2 rings (SSSR count). The lowest BCUT2D eigenvalue weighted by atomic mass is 10.1. The Bertz CT molecular complexity index is 832. The largest absolute Gasteiger partial charge is 0.497 e. The number of amides is 1. The lowest BCUT2D eigenvalue weighted by molar-refractivity contribution is -0.119. The average Bonchev–Trinajstić information content (AvgIpc) is 2.57.